The van der Waals surface area contributed by atoms with Crippen molar-refractivity contribution in [2.24, 2.45) is 0 Å². The minimum Gasteiger partial charge on any atom is -0.340 e. The maximum absolute atomic E-state index is 11.9. The number of aryl methyl sites for hydroxylation is 1. The number of rotatable bonds is 3. The van der Waals surface area contributed by atoms with Crippen molar-refractivity contribution < 1.29 is 9.59 Å². The fourth-order valence-electron chi connectivity index (χ4n) is 3.24. The van der Waals surface area contributed by atoms with Crippen LogP contribution in [0.15, 0.2) is 12.4 Å². The Morgan fingerprint density at radius 3 is 2.67 bits per heavy atom. The summed E-state index contributed by atoms with van der Waals surface area (Å²) in [5.74, 6) is 0.567. The van der Waals surface area contributed by atoms with Gasteiger partial charge in [-0.1, -0.05) is 0 Å². The predicted octanol–water partition coefficient (Wildman–Crippen LogP) is 0.583. The molecule has 0 saturated carbocycles. The molecule has 2 aliphatic heterocycles. The molecule has 2 aliphatic rings. The summed E-state index contributed by atoms with van der Waals surface area (Å²) < 4.78 is 0. The molecule has 8 heteroatoms. The molecule has 1 N–H and O–H groups in total. The molecule has 3 rings (SSSR count). The number of anilines is 1. The van der Waals surface area contributed by atoms with Gasteiger partial charge in [0.15, 0.2) is 0 Å². The van der Waals surface area contributed by atoms with Crippen molar-refractivity contribution in [2.45, 2.75) is 38.4 Å². The zero-order valence-corrected chi connectivity index (χ0v) is 14.4. The summed E-state index contributed by atoms with van der Waals surface area (Å²) in [5.41, 5.74) is 1.03. The van der Waals surface area contributed by atoms with Crippen molar-refractivity contribution in [1.29, 1.82) is 0 Å². The molecule has 2 atom stereocenters. The number of carbonyl (C=O) groups is 2. The topological polar surface area (TPSA) is 81.7 Å². The first-order valence-corrected chi connectivity index (χ1v) is 8.28. The van der Waals surface area contributed by atoms with E-state index in [1.54, 1.807) is 0 Å². The number of likely N-dealkylation sites (N-methyl/N-ethyl adjacent to an activating group) is 1. The second kappa shape index (κ2) is 6.72. The lowest BCUT2D eigenvalue weighted by molar-refractivity contribution is -0.130. The van der Waals surface area contributed by atoms with E-state index in [0.29, 0.717) is 12.4 Å². The van der Waals surface area contributed by atoms with Gasteiger partial charge in [0.2, 0.25) is 11.9 Å². The highest BCUT2D eigenvalue weighted by Crippen LogP contribution is 2.21. The first kappa shape index (κ1) is 16.6. The second-order valence-electron chi connectivity index (χ2n) is 6.58. The van der Waals surface area contributed by atoms with Crippen LogP contribution >= 0.6 is 0 Å². The van der Waals surface area contributed by atoms with Gasteiger partial charge in [0.1, 0.15) is 0 Å². The van der Waals surface area contributed by atoms with Crippen LogP contribution in [-0.2, 0) is 4.79 Å². The van der Waals surface area contributed by atoms with Gasteiger partial charge in [-0.15, -0.1) is 0 Å². The van der Waals surface area contributed by atoms with Crippen molar-refractivity contribution >= 4 is 17.9 Å². The summed E-state index contributed by atoms with van der Waals surface area (Å²) in [6, 6.07) is -0.0679. The minimum atomic E-state index is -0.325. The Kier molecular flexibility index (Phi) is 4.66. The van der Waals surface area contributed by atoms with Gasteiger partial charge in [0, 0.05) is 45.6 Å². The molecular formula is C16H24N6O2. The van der Waals surface area contributed by atoms with Crippen LogP contribution in [0.1, 0.15) is 24.8 Å². The Morgan fingerprint density at radius 2 is 2.00 bits per heavy atom. The number of amides is 3. The highest BCUT2D eigenvalue weighted by Gasteiger charge is 2.35. The number of carbonyl (C=O) groups excluding carboxylic acids is 2. The van der Waals surface area contributed by atoms with E-state index < -0.39 is 0 Å². The number of urea groups is 1. The van der Waals surface area contributed by atoms with E-state index in [0.717, 1.165) is 36.4 Å². The predicted molar refractivity (Wildman–Crippen MR) is 89.5 cm³/mol. The van der Waals surface area contributed by atoms with Crippen molar-refractivity contribution in [1.82, 2.24) is 25.1 Å². The van der Waals surface area contributed by atoms with Crippen LogP contribution < -0.4 is 10.2 Å². The Bertz CT molecular complexity index is 601. The number of hydrogen-bond acceptors (Lipinski definition) is 6. The Labute approximate surface area is 141 Å². The number of nitrogens with one attached hydrogen (secondary N) is 1. The van der Waals surface area contributed by atoms with Crippen molar-refractivity contribution in [2.75, 3.05) is 32.1 Å². The number of piperidine rings is 1. The number of hydrogen-bond donors (Lipinski definition) is 1. The number of likely N-dealkylation sites (tertiary alicyclic amines) is 1. The highest BCUT2D eigenvalue weighted by molar-refractivity contribution is 5.96. The maximum Gasteiger partial charge on any atom is 0.325 e. The molecule has 3 heterocycles. The molecule has 1 aromatic heterocycles. The highest BCUT2D eigenvalue weighted by atomic mass is 16.2. The SMILES string of the molecule is Cc1cnc(N(C)C2CCCN(C3CC(=O)N(C)C(=O)N3)C2)nc1. The normalized spacial score (nSPS) is 25.5. The molecule has 0 aromatic carbocycles. The third-order valence-electron chi connectivity index (χ3n) is 4.84. The zero-order chi connectivity index (χ0) is 17.3. The van der Waals surface area contributed by atoms with Gasteiger partial charge in [0.25, 0.3) is 0 Å². The van der Waals surface area contributed by atoms with Crippen molar-refractivity contribution in [3.63, 3.8) is 0 Å². The van der Waals surface area contributed by atoms with Crippen LogP contribution in [0.5, 0.6) is 0 Å². The van der Waals surface area contributed by atoms with Gasteiger partial charge in [0.05, 0.1) is 12.6 Å². The van der Waals surface area contributed by atoms with Gasteiger partial charge >= 0.3 is 6.03 Å². The molecule has 0 spiro atoms. The van der Waals surface area contributed by atoms with Crippen LogP contribution in [0.25, 0.3) is 0 Å². The average molecular weight is 332 g/mol. The molecule has 3 amide bonds. The molecule has 0 radical (unpaired) electrons. The molecule has 1 aromatic rings. The molecule has 0 bridgehead atoms. The molecule has 8 nitrogen and oxygen atoms in total. The van der Waals surface area contributed by atoms with Gasteiger partial charge in [-0.3, -0.25) is 14.6 Å². The molecular weight excluding hydrogens is 308 g/mol. The van der Waals surface area contributed by atoms with E-state index in [1.807, 2.05) is 26.4 Å². The smallest absolute Gasteiger partial charge is 0.325 e. The maximum atomic E-state index is 11.9. The van der Waals surface area contributed by atoms with E-state index in [4.69, 9.17) is 0 Å². The summed E-state index contributed by atoms with van der Waals surface area (Å²) in [5, 5.41) is 2.92. The van der Waals surface area contributed by atoms with Gasteiger partial charge in [-0.05, 0) is 25.3 Å². The summed E-state index contributed by atoms with van der Waals surface area (Å²) >= 11 is 0. The lowest BCUT2D eigenvalue weighted by Crippen LogP contribution is -2.62. The van der Waals surface area contributed by atoms with Crippen LogP contribution in [0.3, 0.4) is 0 Å². The number of imide groups is 1. The van der Waals surface area contributed by atoms with Crippen molar-refractivity contribution in [3.05, 3.63) is 18.0 Å². The molecule has 0 aliphatic carbocycles. The average Bonchev–Trinajstić information content (AvgIpc) is 2.59. The summed E-state index contributed by atoms with van der Waals surface area (Å²) in [7, 11) is 3.51. The lowest BCUT2D eigenvalue weighted by atomic mass is 10.0. The standard InChI is InChI=1S/C16H24N6O2/c1-11-8-17-15(18-9-11)20(2)12-5-4-6-22(10-12)13-7-14(23)21(3)16(24)19-13/h8-9,12-13H,4-7,10H2,1-3H3,(H,19,24). The van der Waals surface area contributed by atoms with Crippen LogP contribution in [0.4, 0.5) is 10.7 Å². The fourth-order valence-corrected chi connectivity index (χ4v) is 3.24. The third-order valence-corrected chi connectivity index (χ3v) is 4.84. The molecule has 2 saturated heterocycles. The van der Waals surface area contributed by atoms with E-state index in [-0.39, 0.29) is 24.1 Å². The monoisotopic (exact) mass is 332 g/mol. The quantitative estimate of drug-likeness (QED) is 0.872. The van der Waals surface area contributed by atoms with Crippen LogP contribution in [-0.4, -0.2) is 71.1 Å². The Balaban J connectivity index is 1.67. The van der Waals surface area contributed by atoms with E-state index in [1.165, 1.54) is 7.05 Å². The number of aromatic nitrogens is 2. The first-order chi connectivity index (χ1) is 11.5. The van der Waals surface area contributed by atoms with E-state index >= 15 is 0 Å². The second-order valence-corrected chi connectivity index (χ2v) is 6.58. The Morgan fingerprint density at radius 1 is 1.29 bits per heavy atom. The minimum absolute atomic E-state index is 0.138. The molecule has 2 fully saturated rings. The largest absolute Gasteiger partial charge is 0.340 e. The van der Waals surface area contributed by atoms with Crippen LogP contribution in [0, 0.1) is 6.92 Å². The first-order valence-electron chi connectivity index (χ1n) is 8.28. The Hall–Kier alpha value is -2.22. The molecule has 130 valence electrons. The van der Waals surface area contributed by atoms with Gasteiger partial charge < -0.3 is 10.2 Å². The number of nitrogens with zero attached hydrogens (tertiary/aromatic N) is 5. The van der Waals surface area contributed by atoms with E-state index in [9.17, 15) is 9.59 Å². The van der Waals surface area contributed by atoms with Gasteiger partial charge in [-0.25, -0.2) is 14.8 Å². The molecule has 2 unspecified atom stereocenters. The summed E-state index contributed by atoms with van der Waals surface area (Å²) in [6.07, 6.45) is 5.77. The summed E-state index contributed by atoms with van der Waals surface area (Å²) in [6.45, 7) is 3.61. The van der Waals surface area contributed by atoms with Crippen LogP contribution in [0.2, 0.25) is 0 Å². The molecule has 24 heavy (non-hydrogen) atoms. The lowest BCUT2D eigenvalue weighted by Gasteiger charge is -2.43. The van der Waals surface area contributed by atoms with Crippen molar-refractivity contribution in [3.8, 4) is 0 Å². The third kappa shape index (κ3) is 3.33. The van der Waals surface area contributed by atoms with E-state index in [2.05, 4.69) is 25.1 Å². The van der Waals surface area contributed by atoms with Gasteiger partial charge in [-0.2, -0.15) is 0 Å². The summed E-state index contributed by atoms with van der Waals surface area (Å²) in [4.78, 5) is 38.0. The zero-order valence-electron chi connectivity index (χ0n) is 14.4. The fraction of sp³-hybridized carbons (Fsp3) is 0.625.